The molecule has 27 heavy (non-hydrogen) atoms. The van der Waals surface area contributed by atoms with Crippen molar-refractivity contribution >= 4 is 27.3 Å². The van der Waals surface area contributed by atoms with Gasteiger partial charge in [-0.25, -0.2) is 12.8 Å². The molecule has 1 amide bonds. The van der Waals surface area contributed by atoms with Crippen LogP contribution in [0.4, 0.5) is 15.8 Å². The molecule has 5 nitrogen and oxygen atoms in total. The van der Waals surface area contributed by atoms with Crippen molar-refractivity contribution in [3.05, 3.63) is 89.7 Å². The lowest BCUT2D eigenvalue weighted by Crippen LogP contribution is -2.14. The summed E-state index contributed by atoms with van der Waals surface area (Å²) in [6, 6.07) is 18.0. The fourth-order valence-corrected chi connectivity index (χ4v) is 3.45. The molecular formula is C20H17FN2O3S. The second-order valence-electron chi connectivity index (χ2n) is 5.96. The van der Waals surface area contributed by atoms with Gasteiger partial charge in [0.1, 0.15) is 5.82 Å². The van der Waals surface area contributed by atoms with Gasteiger partial charge in [0.05, 0.1) is 4.90 Å². The number of halogens is 1. The van der Waals surface area contributed by atoms with Gasteiger partial charge in [-0.15, -0.1) is 0 Å². The Morgan fingerprint density at radius 2 is 1.56 bits per heavy atom. The van der Waals surface area contributed by atoms with E-state index in [1.54, 1.807) is 18.2 Å². The second kappa shape index (κ2) is 7.59. The molecule has 0 heterocycles. The number of carbonyl (C=O) groups is 1. The van der Waals surface area contributed by atoms with E-state index in [9.17, 15) is 17.6 Å². The third-order valence-electron chi connectivity index (χ3n) is 3.81. The van der Waals surface area contributed by atoms with E-state index in [2.05, 4.69) is 10.0 Å². The van der Waals surface area contributed by atoms with Crippen LogP contribution in [0.1, 0.15) is 15.9 Å². The minimum absolute atomic E-state index is 0.154. The van der Waals surface area contributed by atoms with E-state index in [0.29, 0.717) is 16.9 Å². The minimum Gasteiger partial charge on any atom is -0.322 e. The third-order valence-corrected chi connectivity index (χ3v) is 5.21. The molecule has 0 unspecified atom stereocenters. The number of rotatable bonds is 5. The molecule has 0 fully saturated rings. The maximum absolute atomic E-state index is 13.2. The van der Waals surface area contributed by atoms with Crippen molar-refractivity contribution in [3.8, 4) is 0 Å². The van der Waals surface area contributed by atoms with Crippen LogP contribution in [0.3, 0.4) is 0 Å². The van der Waals surface area contributed by atoms with Crippen LogP contribution in [0, 0.1) is 12.7 Å². The van der Waals surface area contributed by atoms with Crippen LogP contribution in [0.5, 0.6) is 0 Å². The maximum Gasteiger partial charge on any atom is 0.261 e. The average Bonchev–Trinajstić information content (AvgIpc) is 2.62. The van der Waals surface area contributed by atoms with Gasteiger partial charge >= 0.3 is 0 Å². The first-order valence-electron chi connectivity index (χ1n) is 8.10. The first kappa shape index (κ1) is 18.6. The summed E-state index contributed by atoms with van der Waals surface area (Å²) in [6.07, 6.45) is 0. The van der Waals surface area contributed by atoms with Gasteiger partial charge in [-0.2, -0.15) is 0 Å². The fourth-order valence-electron chi connectivity index (χ4n) is 2.39. The number of carbonyl (C=O) groups excluding carboxylic acids is 1. The van der Waals surface area contributed by atoms with Crippen molar-refractivity contribution in [3.63, 3.8) is 0 Å². The molecule has 0 aliphatic heterocycles. The van der Waals surface area contributed by atoms with Crippen molar-refractivity contribution in [2.45, 2.75) is 11.8 Å². The summed E-state index contributed by atoms with van der Waals surface area (Å²) < 4.78 is 40.4. The monoisotopic (exact) mass is 384 g/mol. The van der Waals surface area contributed by atoms with Gasteiger partial charge in [0, 0.05) is 16.9 Å². The summed E-state index contributed by atoms with van der Waals surface area (Å²) in [6.45, 7) is 1.87. The average molecular weight is 384 g/mol. The van der Waals surface area contributed by atoms with Gasteiger partial charge in [0.2, 0.25) is 0 Å². The molecule has 3 aromatic carbocycles. The first-order chi connectivity index (χ1) is 12.8. The Morgan fingerprint density at radius 3 is 2.19 bits per heavy atom. The number of nitrogens with one attached hydrogen (secondary N) is 2. The minimum atomic E-state index is -3.71. The van der Waals surface area contributed by atoms with Crippen LogP contribution in [-0.4, -0.2) is 14.3 Å². The fraction of sp³-hybridized carbons (Fsp3) is 0.0500. The quantitative estimate of drug-likeness (QED) is 0.693. The number of hydrogen-bond acceptors (Lipinski definition) is 3. The maximum atomic E-state index is 13.2. The van der Waals surface area contributed by atoms with Crippen LogP contribution in [0.2, 0.25) is 0 Å². The molecule has 3 rings (SSSR count). The number of hydrogen-bond donors (Lipinski definition) is 2. The molecule has 138 valence electrons. The van der Waals surface area contributed by atoms with Crippen LogP contribution in [0.15, 0.2) is 77.7 Å². The number of aryl methyl sites for hydroxylation is 1. The Bertz CT molecular complexity index is 1060. The van der Waals surface area contributed by atoms with E-state index >= 15 is 0 Å². The molecule has 0 atom stereocenters. The lowest BCUT2D eigenvalue weighted by atomic mass is 10.2. The van der Waals surface area contributed by atoms with Gasteiger partial charge in [-0.1, -0.05) is 23.8 Å². The molecule has 0 aromatic heterocycles. The van der Waals surface area contributed by atoms with Crippen LogP contribution < -0.4 is 10.0 Å². The highest BCUT2D eigenvalue weighted by molar-refractivity contribution is 7.92. The van der Waals surface area contributed by atoms with E-state index < -0.39 is 21.7 Å². The Balaban J connectivity index is 1.71. The Morgan fingerprint density at radius 1 is 0.889 bits per heavy atom. The van der Waals surface area contributed by atoms with Crippen molar-refractivity contribution < 1.29 is 17.6 Å². The lowest BCUT2D eigenvalue weighted by Gasteiger charge is -2.09. The van der Waals surface area contributed by atoms with Gasteiger partial charge in [0.25, 0.3) is 15.9 Å². The van der Waals surface area contributed by atoms with Crippen molar-refractivity contribution in [2.24, 2.45) is 0 Å². The highest BCUT2D eigenvalue weighted by Gasteiger charge is 2.14. The summed E-state index contributed by atoms with van der Waals surface area (Å²) in [5.41, 5.74) is 1.95. The molecule has 0 saturated heterocycles. The zero-order chi connectivity index (χ0) is 19.4. The Labute approximate surface area is 156 Å². The summed E-state index contributed by atoms with van der Waals surface area (Å²) in [7, 11) is -3.71. The highest BCUT2D eigenvalue weighted by atomic mass is 32.2. The molecule has 0 radical (unpaired) electrons. The van der Waals surface area contributed by atoms with E-state index in [1.807, 2.05) is 6.92 Å². The van der Waals surface area contributed by atoms with E-state index in [0.717, 1.165) is 5.56 Å². The van der Waals surface area contributed by atoms with Gasteiger partial charge in [0.15, 0.2) is 0 Å². The Kier molecular flexibility index (Phi) is 5.23. The summed E-state index contributed by atoms with van der Waals surface area (Å²) in [5, 5.41) is 2.58. The molecule has 0 aliphatic carbocycles. The molecule has 2 N–H and O–H groups in total. The normalized spacial score (nSPS) is 11.0. The first-order valence-corrected chi connectivity index (χ1v) is 9.58. The van der Waals surface area contributed by atoms with Crippen LogP contribution in [-0.2, 0) is 10.0 Å². The number of sulfonamides is 1. The SMILES string of the molecule is Cc1ccc(S(=O)(=O)Nc2ccc(C(=O)Nc3cccc(F)c3)cc2)cc1. The standard InChI is InChI=1S/C20H17FN2O3S/c1-14-5-11-19(12-6-14)27(25,26)23-17-9-7-15(8-10-17)20(24)22-18-4-2-3-16(21)13-18/h2-13,23H,1H3,(H,22,24). The molecule has 0 bridgehead atoms. The summed E-state index contributed by atoms with van der Waals surface area (Å²) in [4.78, 5) is 12.4. The largest absolute Gasteiger partial charge is 0.322 e. The second-order valence-corrected chi connectivity index (χ2v) is 7.64. The molecule has 3 aromatic rings. The Hall–Kier alpha value is -3.19. The van der Waals surface area contributed by atoms with E-state index in [1.165, 1.54) is 54.6 Å². The molecule has 0 aliphatic rings. The lowest BCUT2D eigenvalue weighted by molar-refractivity contribution is 0.102. The van der Waals surface area contributed by atoms with E-state index in [-0.39, 0.29) is 4.90 Å². The molecular weight excluding hydrogens is 367 g/mol. The zero-order valence-electron chi connectivity index (χ0n) is 14.4. The predicted molar refractivity (Wildman–Crippen MR) is 103 cm³/mol. The van der Waals surface area contributed by atoms with E-state index in [4.69, 9.17) is 0 Å². The van der Waals surface area contributed by atoms with Crippen LogP contribution in [0.25, 0.3) is 0 Å². The molecule has 7 heteroatoms. The zero-order valence-corrected chi connectivity index (χ0v) is 15.3. The third kappa shape index (κ3) is 4.71. The highest BCUT2D eigenvalue weighted by Crippen LogP contribution is 2.18. The van der Waals surface area contributed by atoms with Crippen molar-refractivity contribution in [1.82, 2.24) is 0 Å². The molecule has 0 spiro atoms. The molecule has 0 saturated carbocycles. The number of anilines is 2. The van der Waals surface area contributed by atoms with Gasteiger partial charge in [-0.05, 0) is 61.5 Å². The summed E-state index contributed by atoms with van der Waals surface area (Å²) in [5.74, 6) is -0.873. The summed E-state index contributed by atoms with van der Waals surface area (Å²) >= 11 is 0. The van der Waals surface area contributed by atoms with Gasteiger partial charge in [-0.3, -0.25) is 9.52 Å². The van der Waals surface area contributed by atoms with Crippen LogP contribution >= 0.6 is 0 Å². The smallest absolute Gasteiger partial charge is 0.261 e. The predicted octanol–water partition coefficient (Wildman–Crippen LogP) is 4.19. The number of benzene rings is 3. The number of amides is 1. The topological polar surface area (TPSA) is 75.3 Å². The van der Waals surface area contributed by atoms with Crippen molar-refractivity contribution in [2.75, 3.05) is 10.0 Å². The van der Waals surface area contributed by atoms with Gasteiger partial charge < -0.3 is 5.32 Å². The van der Waals surface area contributed by atoms with Crippen molar-refractivity contribution in [1.29, 1.82) is 0 Å².